The van der Waals surface area contributed by atoms with Crippen LogP contribution >= 0.6 is 0 Å². The summed E-state index contributed by atoms with van der Waals surface area (Å²) in [5, 5.41) is 21.0. The number of piperidine rings is 1. The highest BCUT2D eigenvalue weighted by atomic mass is 16.5. The van der Waals surface area contributed by atoms with E-state index >= 15 is 0 Å². The number of carbonyl (C=O) groups is 1. The lowest BCUT2D eigenvalue weighted by atomic mass is 9.75. The number of hydrogen-bond donors (Lipinski definition) is 2. The number of ether oxygens (including phenoxy) is 2. The van der Waals surface area contributed by atoms with Gasteiger partial charge in [-0.15, -0.1) is 0 Å². The molecule has 1 aromatic rings. The standard InChI is InChI=1S/C19H28N4O5/c1-18(26)4-9-28-19(16(18)25)2-5-22(6-3-19)15(24)14-12-20-17(21-13-14)23-7-10-27-11-8-23/h12-13,16,25-26H,2-11H2,1H3/t16-,18+/m0/s1. The molecular formula is C19H28N4O5. The van der Waals surface area contributed by atoms with Crippen LogP contribution in [0.4, 0.5) is 5.95 Å². The normalized spacial score (nSPS) is 30.5. The molecule has 0 saturated carbocycles. The number of likely N-dealkylation sites (tertiary alicyclic amines) is 1. The summed E-state index contributed by atoms with van der Waals surface area (Å²) in [4.78, 5) is 25.3. The van der Waals surface area contributed by atoms with Crippen LogP contribution in [-0.2, 0) is 9.47 Å². The highest BCUT2D eigenvalue weighted by molar-refractivity contribution is 5.93. The molecule has 3 saturated heterocycles. The Kier molecular flexibility index (Phi) is 5.26. The van der Waals surface area contributed by atoms with E-state index in [0.717, 1.165) is 13.1 Å². The monoisotopic (exact) mass is 392 g/mol. The van der Waals surface area contributed by atoms with Gasteiger partial charge in [0.25, 0.3) is 5.91 Å². The zero-order chi connectivity index (χ0) is 19.8. The van der Waals surface area contributed by atoms with Gasteiger partial charge in [-0.3, -0.25) is 4.79 Å². The predicted octanol–water partition coefficient (Wildman–Crippen LogP) is -0.180. The van der Waals surface area contributed by atoms with Crippen LogP contribution in [0.15, 0.2) is 12.4 Å². The summed E-state index contributed by atoms with van der Waals surface area (Å²) in [7, 11) is 0. The van der Waals surface area contributed by atoms with Gasteiger partial charge < -0.3 is 29.5 Å². The minimum absolute atomic E-state index is 0.125. The molecule has 0 aromatic carbocycles. The molecule has 3 fully saturated rings. The number of hydrogen-bond acceptors (Lipinski definition) is 8. The van der Waals surface area contributed by atoms with Crippen molar-refractivity contribution in [2.75, 3.05) is 50.9 Å². The molecule has 3 aliphatic heterocycles. The van der Waals surface area contributed by atoms with Crippen molar-refractivity contribution < 1.29 is 24.5 Å². The summed E-state index contributed by atoms with van der Waals surface area (Å²) in [5.74, 6) is 0.485. The van der Waals surface area contributed by atoms with E-state index in [1.165, 1.54) is 0 Å². The molecule has 1 aromatic heterocycles. The minimum atomic E-state index is -1.16. The molecule has 9 heteroatoms. The lowest BCUT2D eigenvalue weighted by molar-refractivity contribution is -0.244. The Morgan fingerprint density at radius 1 is 1.11 bits per heavy atom. The third-order valence-electron chi connectivity index (χ3n) is 6.16. The van der Waals surface area contributed by atoms with Crippen LogP contribution < -0.4 is 4.90 Å². The van der Waals surface area contributed by atoms with Gasteiger partial charge in [0.15, 0.2) is 0 Å². The fraction of sp³-hybridized carbons (Fsp3) is 0.737. The van der Waals surface area contributed by atoms with Crippen LogP contribution in [0.3, 0.4) is 0 Å². The Balaban J connectivity index is 1.39. The number of anilines is 1. The summed E-state index contributed by atoms with van der Waals surface area (Å²) in [6.45, 7) is 5.76. The number of morpholine rings is 1. The molecular weight excluding hydrogens is 364 g/mol. The maximum absolute atomic E-state index is 12.8. The average molecular weight is 392 g/mol. The molecule has 0 radical (unpaired) electrons. The highest BCUT2D eigenvalue weighted by Crippen LogP contribution is 2.39. The second-order valence-electron chi connectivity index (χ2n) is 8.09. The third kappa shape index (κ3) is 3.59. The molecule has 2 atom stereocenters. The van der Waals surface area contributed by atoms with Gasteiger partial charge in [0.2, 0.25) is 5.95 Å². The molecule has 28 heavy (non-hydrogen) atoms. The number of aliphatic hydroxyl groups excluding tert-OH is 1. The Morgan fingerprint density at radius 2 is 1.75 bits per heavy atom. The molecule has 1 spiro atoms. The molecule has 0 unspecified atom stereocenters. The minimum Gasteiger partial charge on any atom is -0.387 e. The largest absolute Gasteiger partial charge is 0.387 e. The van der Waals surface area contributed by atoms with Crippen LogP contribution in [0.5, 0.6) is 0 Å². The molecule has 3 aliphatic rings. The molecule has 2 N–H and O–H groups in total. The number of aromatic nitrogens is 2. The Bertz CT molecular complexity index is 697. The highest BCUT2D eigenvalue weighted by Gasteiger charge is 2.52. The van der Waals surface area contributed by atoms with E-state index < -0.39 is 17.3 Å². The van der Waals surface area contributed by atoms with Crippen molar-refractivity contribution in [3.8, 4) is 0 Å². The summed E-state index contributed by atoms with van der Waals surface area (Å²) < 4.78 is 11.2. The molecule has 9 nitrogen and oxygen atoms in total. The molecule has 0 bridgehead atoms. The number of carbonyl (C=O) groups excluding carboxylic acids is 1. The Hall–Kier alpha value is -1.81. The van der Waals surface area contributed by atoms with E-state index in [1.54, 1.807) is 24.2 Å². The summed E-state index contributed by atoms with van der Waals surface area (Å²) >= 11 is 0. The van der Waals surface area contributed by atoms with Crippen molar-refractivity contribution in [1.82, 2.24) is 14.9 Å². The third-order valence-corrected chi connectivity index (χ3v) is 6.16. The van der Waals surface area contributed by atoms with Crippen molar-refractivity contribution in [1.29, 1.82) is 0 Å². The topological polar surface area (TPSA) is 108 Å². The molecule has 0 aliphatic carbocycles. The second-order valence-corrected chi connectivity index (χ2v) is 8.09. The quantitative estimate of drug-likeness (QED) is 0.714. The van der Waals surface area contributed by atoms with Gasteiger partial charge in [-0.25, -0.2) is 9.97 Å². The van der Waals surface area contributed by atoms with Crippen molar-refractivity contribution in [3.05, 3.63) is 18.0 Å². The van der Waals surface area contributed by atoms with E-state index in [-0.39, 0.29) is 5.91 Å². The summed E-state index contributed by atoms with van der Waals surface area (Å²) in [5.41, 5.74) is -1.49. The lowest BCUT2D eigenvalue weighted by Crippen LogP contribution is -2.64. The van der Waals surface area contributed by atoms with Crippen LogP contribution in [0.1, 0.15) is 36.5 Å². The predicted molar refractivity (Wildman–Crippen MR) is 100 cm³/mol. The Labute approximate surface area is 164 Å². The van der Waals surface area contributed by atoms with E-state index in [2.05, 4.69) is 9.97 Å². The first-order valence-corrected chi connectivity index (χ1v) is 9.90. The molecule has 154 valence electrons. The first kappa shape index (κ1) is 19.5. The Morgan fingerprint density at radius 3 is 2.39 bits per heavy atom. The first-order chi connectivity index (χ1) is 13.4. The van der Waals surface area contributed by atoms with Gasteiger partial charge in [0.05, 0.1) is 31.0 Å². The molecule has 1 amide bonds. The van der Waals surface area contributed by atoms with Crippen LogP contribution in [-0.4, -0.2) is 94.3 Å². The van der Waals surface area contributed by atoms with Crippen LogP contribution in [0.25, 0.3) is 0 Å². The first-order valence-electron chi connectivity index (χ1n) is 9.90. The van der Waals surface area contributed by atoms with E-state index in [1.807, 2.05) is 4.90 Å². The van der Waals surface area contributed by atoms with Gasteiger partial charge in [-0.1, -0.05) is 0 Å². The zero-order valence-corrected chi connectivity index (χ0v) is 16.2. The van der Waals surface area contributed by atoms with Gasteiger partial charge >= 0.3 is 0 Å². The fourth-order valence-electron chi connectivity index (χ4n) is 4.29. The lowest BCUT2D eigenvalue weighted by Gasteiger charge is -2.51. The van der Waals surface area contributed by atoms with Crippen molar-refractivity contribution in [3.63, 3.8) is 0 Å². The van der Waals surface area contributed by atoms with Gasteiger partial charge in [0, 0.05) is 45.0 Å². The SMILES string of the molecule is C[C@@]1(O)CCOC2(CCN(C(=O)c3cnc(N4CCOCC4)nc3)CC2)[C@H]1O. The molecule has 4 heterocycles. The number of rotatable bonds is 2. The van der Waals surface area contributed by atoms with Gasteiger partial charge in [0.1, 0.15) is 11.7 Å². The zero-order valence-electron chi connectivity index (χ0n) is 16.2. The smallest absolute Gasteiger partial charge is 0.256 e. The van der Waals surface area contributed by atoms with E-state index in [0.29, 0.717) is 63.7 Å². The van der Waals surface area contributed by atoms with Gasteiger partial charge in [-0.2, -0.15) is 0 Å². The summed E-state index contributed by atoms with van der Waals surface area (Å²) in [6, 6.07) is 0. The summed E-state index contributed by atoms with van der Waals surface area (Å²) in [6.07, 6.45) is 3.57. The number of amides is 1. The number of aliphatic hydroxyl groups is 2. The van der Waals surface area contributed by atoms with Gasteiger partial charge in [-0.05, 0) is 19.8 Å². The van der Waals surface area contributed by atoms with Crippen molar-refractivity contribution >= 4 is 11.9 Å². The van der Waals surface area contributed by atoms with Crippen LogP contribution in [0.2, 0.25) is 0 Å². The number of nitrogens with zero attached hydrogens (tertiary/aromatic N) is 4. The maximum Gasteiger partial charge on any atom is 0.256 e. The molecule has 4 rings (SSSR count). The van der Waals surface area contributed by atoms with Crippen molar-refractivity contribution in [2.45, 2.75) is 43.5 Å². The van der Waals surface area contributed by atoms with Crippen molar-refractivity contribution in [2.24, 2.45) is 0 Å². The van der Waals surface area contributed by atoms with Crippen LogP contribution in [0, 0.1) is 0 Å². The van der Waals surface area contributed by atoms with E-state index in [9.17, 15) is 15.0 Å². The second kappa shape index (κ2) is 7.55. The van der Waals surface area contributed by atoms with E-state index in [4.69, 9.17) is 9.47 Å². The maximum atomic E-state index is 12.8. The average Bonchev–Trinajstić information content (AvgIpc) is 2.73. The fourth-order valence-corrected chi connectivity index (χ4v) is 4.29.